The second-order valence-corrected chi connectivity index (χ2v) is 8.13. The van der Waals surface area contributed by atoms with Gasteiger partial charge in [0.15, 0.2) is 8.69 Å². The molecule has 2 unspecified atom stereocenters. The van der Waals surface area contributed by atoms with Crippen molar-refractivity contribution in [2.75, 3.05) is 6.54 Å². The minimum Gasteiger partial charge on any atom is -0.350 e. The maximum atomic E-state index is 11.6. The lowest BCUT2D eigenvalue weighted by Gasteiger charge is -2.08. The molecular weight excluding hydrogens is 369 g/mol. The molecule has 0 heterocycles. The molecule has 0 aromatic heterocycles. The fourth-order valence-corrected chi connectivity index (χ4v) is 2.89. The number of carbonyl (C=O) groups is 1. The van der Waals surface area contributed by atoms with Gasteiger partial charge in [0.2, 0.25) is 5.91 Å². The molecule has 0 radical (unpaired) electrons. The Labute approximate surface area is 173 Å². The Hall–Kier alpha value is -1.38. The Morgan fingerprint density at radius 1 is 0.857 bits per heavy atom. The van der Waals surface area contributed by atoms with Gasteiger partial charge in [0.05, 0.1) is 0 Å². The topological polar surface area (TPSA) is 55.4 Å². The van der Waals surface area contributed by atoms with Gasteiger partial charge in [0.25, 0.3) is 0 Å². The van der Waals surface area contributed by atoms with Crippen molar-refractivity contribution in [1.82, 2.24) is 5.32 Å². The molecule has 0 aromatic carbocycles. The summed E-state index contributed by atoms with van der Waals surface area (Å²) in [4.78, 5) is 11.6. The van der Waals surface area contributed by atoms with Crippen LogP contribution in [-0.2, 0) is 13.9 Å². The highest BCUT2D eigenvalue weighted by Gasteiger charge is 2.10. The summed E-state index contributed by atoms with van der Waals surface area (Å²) in [6.45, 7) is 12.9. The molecule has 0 aromatic rings. The molecule has 0 aliphatic carbocycles. The van der Waals surface area contributed by atoms with E-state index in [-0.39, 0.29) is 5.91 Å². The van der Waals surface area contributed by atoms with Gasteiger partial charge < -0.3 is 9.84 Å². The van der Waals surface area contributed by atoms with Crippen LogP contribution in [0.3, 0.4) is 0 Å². The first-order valence-corrected chi connectivity index (χ1v) is 11.2. The lowest BCUT2D eigenvalue weighted by molar-refractivity contribution is -0.126. The average Bonchev–Trinajstić information content (AvgIpc) is 2.61. The van der Waals surface area contributed by atoms with Crippen molar-refractivity contribution in [1.29, 1.82) is 0 Å². The molecule has 160 valence electrons. The summed E-state index contributed by atoms with van der Waals surface area (Å²) in [7, 11) is -1.35. The van der Waals surface area contributed by atoms with Crippen LogP contribution in [0.25, 0.3) is 0 Å². The van der Waals surface area contributed by atoms with Gasteiger partial charge in [0, 0.05) is 6.54 Å². The second-order valence-electron chi connectivity index (χ2n) is 7.67. The molecule has 0 spiro atoms. The Morgan fingerprint density at radius 3 is 1.79 bits per heavy atom. The van der Waals surface area contributed by atoms with E-state index in [4.69, 9.17) is 4.52 Å². The number of nitrogens with one attached hydrogen (secondary N) is 1. The number of carbonyl (C=O) groups excluding carboxylic acids is 1. The highest BCUT2D eigenvalue weighted by atomic mass is 31.1. The quantitative estimate of drug-likeness (QED) is 0.270. The smallest absolute Gasteiger partial charge is 0.249 e. The van der Waals surface area contributed by atoms with E-state index in [0.717, 1.165) is 38.5 Å². The molecule has 0 saturated carbocycles. The molecule has 4 nitrogen and oxygen atoms in total. The van der Waals surface area contributed by atoms with Gasteiger partial charge in [-0.05, 0) is 80.1 Å². The number of amides is 1. The molecule has 0 fully saturated rings. The van der Waals surface area contributed by atoms with Crippen LogP contribution < -0.4 is 5.32 Å². The summed E-state index contributed by atoms with van der Waals surface area (Å²) >= 11 is 0. The number of hydrogen-bond donors (Lipinski definition) is 1. The van der Waals surface area contributed by atoms with Crippen molar-refractivity contribution in [2.24, 2.45) is 0 Å². The van der Waals surface area contributed by atoms with Crippen molar-refractivity contribution in [3.8, 4) is 0 Å². The third-order valence-electron chi connectivity index (χ3n) is 4.51. The highest BCUT2D eigenvalue weighted by Crippen LogP contribution is 2.13. The van der Waals surface area contributed by atoms with E-state index in [1.54, 1.807) is 6.92 Å². The normalized spacial score (nSPS) is 14.4. The van der Waals surface area contributed by atoms with E-state index < -0.39 is 14.8 Å². The zero-order valence-electron chi connectivity index (χ0n) is 18.6. The zero-order valence-corrected chi connectivity index (χ0v) is 19.8. The minimum atomic E-state index is -1.35. The van der Waals surface area contributed by atoms with Gasteiger partial charge in [-0.1, -0.05) is 46.6 Å². The van der Waals surface area contributed by atoms with Crippen LogP contribution in [0.1, 0.15) is 80.1 Å². The first-order valence-electron chi connectivity index (χ1n) is 10.2. The van der Waals surface area contributed by atoms with Crippen molar-refractivity contribution in [3.63, 3.8) is 0 Å². The first-order chi connectivity index (χ1) is 13.3. The van der Waals surface area contributed by atoms with E-state index in [1.807, 2.05) is 6.08 Å². The molecule has 0 rings (SSSR count). The first kappa shape index (κ1) is 26.6. The Balaban J connectivity index is 4.07. The second kappa shape index (κ2) is 16.6. The Morgan fingerprint density at radius 2 is 1.32 bits per heavy atom. The van der Waals surface area contributed by atoms with Gasteiger partial charge in [-0.15, -0.1) is 0 Å². The van der Waals surface area contributed by atoms with Gasteiger partial charge in [0.1, 0.15) is 6.10 Å². The fourth-order valence-electron chi connectivity index (χ4n) is 2.60. The molecule has 28 heavy (non-hydrogen) atoms. The highest BCUT2D eigenvalue weighted by molar-refractivity contribution is 7.17. The SMILES string of the molecule is CC(C)=CCCC(C)=CCCC(C)=CCCC(C)=CCNC(=O)C(C)O[PH2]=O. The average molecular weight is 410 g/mol. The lowest BCUT2D eigenvalue weighted by atomic mass is 10.0. The zero-order chi connectivity index (χ0) is 21.4. The largest absolute Gasteiger partial charge is 0.350 e. The van der Waals surface area contributed by atoms with Gasteiger partial charge >= 0.3 is 0 Å². The van der Waals surface area contributed by atoms with E-state index in [0.29, 0.717) is 6.54 Å². The van der Waals surface area contributed by atoms with Crippen LogP contribution in [0.15, 0.2) is 46.6 Å². The molecule has 0 bridgehead atoms. The summed E-state index contributed by atoms with van der Waals surface area (Å²) in [5.41, 5.74) is 5.55. The molecule has 1 amide bonds. The minimum absolute atomic E-state index is 0.229. The van der Waals surface area contributed by atoms with E-state index in [2.05, 4.69) is 58.2 Å². The van der Waals surface area contributed by atoms with Crippen molar-refractivity contribution >= 4 is 14.6 Å². The maximum absolute atomic E-state index is 11.6. The van der Waals surface area contributed by atoms with Crippen LogP contribution in [-0.4, -0.2) is 18.6 Å². The Kier molecular flexibility index (Phi) is 15.7. The summed E-state index contributed by atoms with van der Waals surface area (Å²) in [6.07, 6.45) is 14.9. The van der Waals surface area contributed by atoms with Crippen LogP contribution in [0.5, 0.6) is 0 Å². The van der Waals surface area contributed by atoms with Crippen LogP contribution in [0.2, 0.25) is 0 Å². The van der Waals surface area contributed by atoms with E-state index >= 15 is 0 Å². The van der Waals surface area contributed by atoms with Gasteiger partial charge in [-0.25, -0.2) is 0 Å². The third-order valence-corrected chi connectivity index (χ3v) is 5.03. The number of hydrogen-bond acceptors (Lipinski definition) is 3. The summed E-state index contributed by atoms with van der Waals surface area (Å²) in [5, 5.41) is 2.77. The standard InChI is InChI=1S/C23H40NO3P/c1-18(2)10-7-11-19(3)12-8-13-20(4)14-9-15-21(5)16-17-24-23(25)22(6)27-28-26/h10,12,14,16,22H,7-9,11,13,15,17,28H2,1-6H3,(H,24,25). The summed E-state index contributed by atoms with van der Waals surface area (Å²) in [6, 6.07) is 0. The summed E-state index contributed by atoms with van der Waals surface area (Å²) in [5.74, 6) is -0.229. The summed E-state index contributed by atoms with van der Waals surface area (Å²) < 4.78 is 15.2. The predicted octanol–water partition coefficient (Wildman–Crippen LogP) is 6.32. The molecule has 0 saturated heterocycles. The third kappa shape index (κ3) is 15.7. The van der Waals surface area contributed by atoms with Crippen LogP contribution >= 0.6 is 8.69 Å². The molecule has 0 aliphatic rings. The lowest BCUT2D eigenvalue weighted by Crippen LogP contribution is -2.33. The van der Waals surface area contributed by atoms with Crippen molar-refractivity contribution in [2.45, 2.75) is 86.2 Å². The molecule has 0 aliphatic heterocycles. The molecule has 5 heteroatoms. The van der Waals surface area contributed by atoms with Crippen molar-refractivity contribution < 1.29 is 13.9 Å². The molecule has 2 atom stereocenters. The van der Waals surface area contributed by atoms with E-state index in [9.17, 15) is 9.36 Å². The van der Waals surface area contributed by atoms with Gasteiger partial charge in [-0.3, -0.25) is 9.36 Å². The monoisotopic (exact) mass is 409 g/mol. The number of allylic oxidation sites excluding steroid dienone is 7. The molecule has 1 N–H and O–H groups in total. The van der Waals surface area contributed by atoms with Gasteiger partial charge in [-0.2, -0.15) is 0 Å². The molecular formula is C23H40NO3P. The number of rotatable bonds is 14. The predicted molar refractivity (Wildman–Crippen MR) is 122 cm³/mol. The van der Waals surface area contributed by atoms with Crippen LogP contribution in [0.4, 0.5) is 0 Å². The Bertz CT molecular complexity index is 599. The fraction of sp³-hybridized carbons (Fsp3) is 0.609. The maximum Gasteiger partial charge on any atom is 0.249 e. The van der Waals surface area contributed by atoms with Crippen LogP contribution in [0, 0.1) is 0 Å². The van der Waals surface area contributed by atoms with Crippen molar-refractivity contribution in [3.05, 3.63) is 46.6 Å². The van der Waals surface area contributed by atoms with E-state index in [1.165, 1.54) is 22.3 Å².